The number of halogens is 1. The normalized spacial score (nSPS) is 24.6. The number of rotatable bonds is 6. The van der Waals surface area contributed by atoms with E-state index in [0.717, 1.165) is 4.90 Å². The fourth-order valence-corrected chi connectivity index (χ4v) is 6.37. The van der Waals surface area contributed by atoms with Gasteiger partial charge in [0.25, 0.3) is 17.6 Å². The molecule has 1 saturated carbocycles. The first-order valence-corrected chi connectivity index (χ1v) is 14.4. The van der Waals surface area contributed by atoms with E-state index in [1.165, 1.54) is 31.1 Å². The van der Waals surface area contributed by atoms with Gasteiger partial charge in [0.2, 0.25) is 0 Å². The molecule has 0 radical (unpaired) electrons. The number of nitrogens with zero attached hydrogens (tertiary/aromatic N) is 5. The van der Waals surface area contributed by atoms with Gasteiger partial charge in [-0.3, -0.25) is 28.9 Å². The monoisotopic (exact) mass is 611 g/mol. The molecule has 4 heterocycles. The number of fused-ring (bicyclic) bond motifs is 2. The average Bonchev–Trinajstić information content (AvgIpc) is 3.14. The molecule has 0 spiro atoms. The SMILES string of the molecule is Cc1cc(CNC(=O)C2N=C3N(CC4(Cn5ccn(C)c5=S)CCC3(NC(=O)C(=O)N(C)C)CC4)C(=O)C2=O)ccc1F. The molecule has 3 aliphatic heterocycles. The molecule has 1 aromatic carbocycles. The van der Waals surface area contributed by atoms with Crippen LogP contribution in [0.5, 0.6) is 0 Å². The Morgan fingerprint density at radius 1 is 1.14 bits per heavy atom. The van der Waals surface area contributed by atoms with E-state index in [0.29, 0.717) is 48.1 Å². The molecule has 43 heavy (non-hydrogen) atoms. The van der Waals surface area contributed by atoms with Crippen molar-refractivity contribution in [2.24, 2.45) is 17.5 Å². The lowest BCUT2D eigenvalue weighted by atomic mass is 9.68. The van der Waals surface area contributed by atoms with E-state index in [2.05, 4.69) is 15.6 Å². The fraction of sp³-hybridized carbons (Fsp3) is 0.483. The van der Waals surface area contributed by atoms with Gasteiger partial charge in [0.15, 0.2) is 10.8 Å². The van der Waals surface area contributed by atoms with Crippen LogP contribution in [0, 0.1) is 22.9 Å². The zero-order valence-electron chi connectivity index (χ0n) is 24.5. The first kappa shape index (κ1) is 30.3. The summed E-state index contributed by atoms with van der Waals surface area (Å²) in [6, 6.07) is 2.70. The predicted molar refractivity (Wildman–Crippen MR) is 156 cm³/mol. The number of aromatic nitrogens is 2. The van der Waals surface area contributed by atoms with Crippen molar-refractivity contribution in [3.63, 3.8) is 0 Å². The number of hydrogen-bond acceptors (Lipinski definition) is 7. The fourth-order valence-electron chi connectivity index (χ4n) is 6.19. The summed E-state index contributed by atoms with van der Waals surface area (Å²) in [5, 5.41) is 5.47. The van der Waals surface area contributed by atoms with Crippen molar-refractivity contribution in [1.29, 1.82) is 0 Å². The Balaban J connectivity index is 1.50. The smallest absolute Gasteiger partial charge is 0.311 e. The van der Waals surface area contributed by atoms with Crippen molar-refractivity contribution >= 4 is 47.5 Å². The highest BCUT2D eigenvalue weighted by molar-refractivity contribution is 7.71. The molecule has 6 rings (SSSR count). The highest BCUT2D eigenvalue weighted by Gasteiger charge is 2.58. The van der Waals surface area contributed by atoms with Crippen LogP contribution in [-0.2, 0) is 44.1 Å². The zero-order chi connectivity index (χ0) is 31.3. The van der Waals surface area contributed by atoms with Crippen molar-refractivity contribution in [1.82, 2.24) is 29.6 Å². The molecule has 2 bridgehead atoms. The molecule has 3 fully saturated rings. The van der Waals surface area contributed by atoms with E-state index in [4.69, 9.17) is 12.2 Å². The second-order valence-corrected chi connectivity index (χ2v) is 12.3. The van der Waals surface area contributed by atoms with E-state index in [1.807, 2.05) is 28.6 Å². The zero-order valence-corrected chi connectivity index (χ0v) is 25.3. The van der Waals surface area contributed by atoms with E-state index in [1.54, 1.807) is 13.0 Å². The summed E-state index contributed by atoms with van der Waals surface area (Å²) in [6.45, 7) is 2.19. The lowest BCUT2D eigenvalue weighted by Gasteiger charge is -2.42. The van der Waals surface area contributed by atoms with Gasteiger partial charge in [0.1, 0.15) is 11.7 Å². The lowest BCUT2D eigenvalue weighted by Crippen LogP contribution is -2.65. The number of likely N-dealkylation sites (N-methyl/N-ethyl adjacent to an activating group) is 1. The summed E-state index contributed by atoms with van der Waals surface area (Å²) in [5.74, 6) is -4.61. The van der Waals surface area contributed by atoms with Crippen molar-refractivity contribution in [2.75, 3.05) is 20.6 Å². The third-order valence-electron chi connectivity index (χ3n) is 8.71. The van der Waals surface area contributed by atoms with Gasteiger partial charge in [-0.1, -0.05) is 12.1 Å². The third-order valence-corrected chi connectivity index (χ3v) is 9.23. The number of amidine groups is 1. The Morgan fingerprint density at radius 2 is 1.84 bits per heavy atom. The Bertz CT molecular complexity index is 1620. The van der Waals surface area contributed by atoms with Crippen LogP contribution in [0.4, 0.5) is 4.39 Å². The number of benzene rings is 1. The molecule has 2 N–H and O–H groups in total. The molecular weight excluding hydrogens is 577 g/mol. The number of nitrogens with one attached hydrogen (secondary N) is 2. The summed E-state index contributed by atoms with van der Waals surface area (Å²) < 4.78 is 18.0. The topological polar surface area (TPSA) is 138 Å². The number of aliphatic imine (C=N–C) groups is 1. The lowest BCUT2D eigenvalue weighted by molar-refractivity contribution is -0.146. The van der Waals surface area contributed by atoms with Gasteiger partial charge in [-0.15, -0.1) is 0 Å². The highest BCUT2D eigenvalue weighted by Crippen LogP contribution is 2.48. The second-order valence-electron chi connectivity index (χ2n) is 12.0. The molecule has 2 saturated heterocycles. The molecular formula is C29H34FN7O5S. The van der Waals surface area contributed by atoms with Crippen LogP contribution in [0.2, 0.25) is 0 Å². The minimum absolute atomic E-state index is 0.00741. The first-order valence-electron chi connectivity index (χ1n) is 14.0. The van der Waals surface area contributed by atoms with Gasteiger partial charge in [0.05, 0.1) is 5.54 Å². The molecule has 1 atom stereocenters. The highest BCUT2D eigenvalue weighted by atomic mass is 32.1. The van der Waals surface area contributed by atoms with Crippen molar-refractivity contribution in [2.45, 2.75) is 57.3 Å². The van der Waals surface area contributed by atoms with Gasteiger partial charge >= 0.3 is 11.8 Å². The van der Waals surface area contributed by atoms with Crippen molar-refractivity contribution < 1.29 is 28.4 Å². The van der Waals surface area contributed by atoms with Crippen molar-refractivity contribution in [3.05, 3.63) is 52.3 Å². The minimum atomic E-state index is -1.67. The average molecular weight is 612 g/mol. The molecule has 1 unspecified atom stereocenters. The molecule has 228 valence electrons. The molecule has 14 heteroatoms. The summed E-state index contributed by atoms with van der Waals surface area (Å²) in [6.07, 6.45) is 5.45. The molecule has 1 aromatic heterocycles. The maximum absolute atomic E-state index is 13.7. The van der Waals surface area contributed by atoms with Crippen LogP contribution in [0.1, 0.15) is 36.8 Å². The standard InChI is InChI=1S/C29H34FN7O5S/c1-17-13-18(5-6-19(17)30)14-31-22(39)20-21(38)24(41)37-16-28(15-36-12-11-35(4)27(36)43)7-9-29(10-8-28,26(37)32-20)33-23(40)25(42)34(2)3/h5-6,11-13,20H,7-10,14-16H2,1-4H3,(H,31,39)(H,33,40). The molecule has 12 nitrogen and oxygen atoms in total. The summed E-state index contributed by atoms with van der Waals surface area (Å²) >= 11 is 5.55. The second kappa shape index (κ2) is 11.1. The van der Waals surface area contributed by atoms with E-state index < -0.39 is 46.4 Å². The summed E-state index contributed by atoms with van der Waals surface area (Å²) in [7, 11) is 4.75. The predicted octanol–water partition coefficient (Wildman–Crippen LogP) is 1.02. The van der Waals surface area contributed by atoms with Crippen LogP contribution in [-0.4, -0.2) is 86.4 Å². The number of carbonyl (C=O) groups is 5. The number of imidazole rings is 1. The van der Waals surface area contributed by atoms with Gasteiger partial charge in [-0.05, 0) is 62.0 Å². The molecule has 4 aliphatic rings. The Hall–Kier alpha value is -4.20. The molecule has 2 aromatic rings. The minimum Gasteiger partial charge on any atom is -0.350 e. The Morgan fingerprint density at radius 3 is 2.44 bits per heavy atom. The van der Waals surface area contributed by atoms with Crippen LogP contribution in [0.15, 0.2) is 35.6 Å². The maximum atomic E-state index is 13.7. The number of amides is 4. The largest absolute Gasteiger partial charge is 0.350 e. The Kier molecular flexibility index (Phi) is 7.84. The quantitative estimate of drug-likeness (QED) is 0.284. The molecule has 1 aliphatic carbocycles. The number of carbonyl (C=O) groups excluding carboxylic acids is 5. The number of Topliss-reactive ketones (excluding diaryl/α,β-unsaturated/α-hetero) is 1. The van der Waals surface area contributed by atoms with E-state index in [9.17, 15) is 28.4 Å². The summed E-state index contributed by atoms with van der Waals surface area (Å²) in [4.78, 5) is 72.9. The first-order chi connectivity index (χ1) is 20.3. The summed E-state index contributed by atoms with van der Waals surface area (Å²) in [5.41, 5.74) is -0.737. The van der Waals surface area contributed by atoms with Gasteiger partial charge in [0, 0.05) is 58.6 Å². The van der Waals surface area contributed by atoms with Crippen LogP contribution in [0.25, 0.3) is 0 Å². The number of aryl methyl sites for hydroxylation is 2. The Labute approximate surface area is 252 Å². The van der Waals surface area contributed by atoms with Crippen LogP contribution < -0.4 is 10.6 Å². The van der Waals surface area contributed by atoms with Crippen LogP contribution in [0.3, 0.4) is 0 Å². The van der Waals surface area contributed by atoms with Gasteiger partial charge in [-0.25, -0.2) is 9.38 Å². The third kappa shape index (κ3) is 5.51. The van der Waals surface area contributed by atoms with Crippen molar-refractivity contribution in [3.8, 4) is 0 Å². The van der Waals surface area contributed by atoms with Gasteiger partial charge in [-0.2, -0.15) is 0 Å². The number of hydrogen-bond donors (Lipinski definition) is 2. The van der Waals surface area contributed by atoms with E-state index in [-0.39, 0.29) is 24.7 Å². The van der Waals surface area contributed by atoms with Gasteiger partial charge < -0.3 is 24.7 Å². The maximum Gasteiger partial charge on any atom is 0.311 e. The van der Waals surface area contributed by atoms with E-state index >= 15 is 0 Å². The van der Waals surface area contributed by atoms with Crippen LogP contribution >= 0.6 is 12.2 Å². The number of ketones is 1. The molecule has 4 amide bonds.